The van der Waals surface area contributed by atoms with Gasteiger partial charge in [-0.3, -0.25) is 4.79 Å². The van der Waals surface area contributed by atoms with Gasteiger partial charge in [-0.05, 0) is 6.42 Å². The van der Waals surface area contributed by atoms with Crippen molar-refractivity contribution in [3.8, 4) is 0 Å². The Morgan fingerprint density at radius 2 is 2.09 bits per heavy atom. The number of hydrogen-bond acceptors (Lipinski definition) is 6. The van der Waals surface area contributed by atoms with Crippen LogP contribution in [0, 0.1) is 5.41 Å². The molecule has 0 aromatic rings. The molecule has 2 rings (SSSR count). The van der Waals surface area contributed by atoms with Gasteiger partial charge in [-0.2, -0.15) is 0 Å². The Kier molecular flexibility index (Phi) is 5.60. The minimum atomic E-state index is -0.358. The van der Waals surface area contributed by atoms with Gasteiger partial charge in [0.1, 0.15) is 31.7 Å². The summed E-state index contributed by atoms with van der Waals surface area (Å²) in [6.45, 7) is 9.67. The predicted octanol–water partition coefficient (Wildman–Crippen LogP) is 1.68. The van der Waals surface area contributed by atoms with Crippen LogP contribution in [0.5, 0.6) is 0 Å². The third kappa shape index (κ3) is 3.35. The fraction of sp³-hybridized carbons (Fsp3) is 0.812. The number of carbonyl (C=O) groups is 1. The summed E-state index contributed by atoms with van der Waals surface area (Å²) >= 11 is 0. The van der Waals surface area contributed by atoms with Crippen LogP contribution in [0.4, 0.5) is 0 Å². The Morgan fingerprint density at radius 1 is 1.36 bits per heavy atom. The lowest BCUT2D eigenvalue weighted by molar-refractivity contribution is -0.329. The maximum atomic E-state index is 11.0. The smallest absolute Gasteiger partial charge is 0.302 e. The molecule has 5 atom stereocenters. The van der Waals surface area contributed by atoms with Gasteiger partial charge in [0.2, 0.25) is 0 Å². The number of carbonyl (C=O) groups excluding carboxylic acids is 1. The summed E-state index contributed by atoms with van der Waals surface area (Å²) in [7, 11) is 1.68. The fourth-order valence-electron chi connectivity index (χ4n) is 3.29. The lowest BCUT2D eigenvalue weighted by atomic mass is 9.72. The highest BCUT2D eigenvalue weighted by atomic mass is 16.7. The summed E-state index contributed by atoms with van der Waals surface area (Å²) in [5, 5.41) is 0. The Labute approximate surface area is 131 Å². The molecule has 0 aromatic carbocycles. The van der Waals surface area contributed by atoms with E-state index in [4.69, 9.17) is 23.7 Å². The molecule has 0 aromatic heterocycles. The third-order valence-electron chi connectivity index (χ3n) is 4.50. The molecular weight excluding hydrogens is 288 g/mol. The molecule has 0 N–H and O–H groups in total. The second kappa shape index (κ2) is 7.08. The molecular formula is C16H26O6. The quantitative estimate of drug-likeness (QED) is 0.568. The van der Waals surface area contributed by atoms with E-state index in [0.717, 1.165) is 0 Å². The molecule has 2 fully saturated rings. The molecule has 0 amide bonds. The minimum absolute atomic E-state index is 0.0682. The number of methoxy groups -OCH3 is 1. The van der Waals surface area contributed by atoms with Gasteiger partial charge in [0.15, 0.2) is 0 Å². The van der Waals surface area contributed by atoms with Crippen molar-refractivity contribution in [1.82, 2.24) is 0 Å². The SMILES string of the molecule is C=CC[C@H]1O[C@H]2[C@H](OCO[C@@H]2COC(C)=O)[C@@H](OC)C1(C)C. The highest BCUT2D eigenvalue weighted by molar-refractivity contribution is 5.65. The van der Waals surface area contributed by atoms with E-state index in [0.29, 0.717) is 6.42 Å². The van der Waals surface area contributed by atoms with Gasteiger partial charge >= 0.3 is 5.97 Å². The molecule has 2 heterocycles. The predicted molar refractivity (Wildman–Crippen MR) is 79.3 cm³/mol. The minimum Gasteiger partial charge on any atom is -0.463 e. The first-order valence-electron chi connectivity index (χ1n) is 7.57. The van der Waals surface area contributed by atoms with Crippen LogP contribution in [0.3, 0.4) is 0 Å². The van der Waals surface area contributed by atoms with Crippen molar-refractivity contribution in [2.75, 3.05) is 20.5 Å². The van der Waals surface area contributed by atoms with E-state index in [1.54, 1.807) is 7.11 Å². The van der Waals surface area contributed by atoms with Crippen LogP contribution < -0.4 is 0 Å². The Hall–Kier alpha value is -0.950. The monoisotopic (exact) mass is 314 g/mol. The van der Waals surface area contributed by atoms with Crippen molar-refractivity contribution in [2.45, 2.75) is 57.7 Å². The van der Waals surface area contributed by atoms with E-state index >= 15 is 0 Å². The van der Waals surface area contributed by atoms with Crippen LogP contribution >= 0.6 is 0 Å². The third-order valence-corrected chi connectivity index (χ3v) is 4.50. The van der Waals surface area contributed by atoms with Crippen LogP contribution in [0.2, 0.25) is 0 Å². The van der Waals surface area contributed by atoms with E-state index < -0.39 is 0 Å². The number of rotatable bonds is 5. The van der Waals surface area contributed by atoms with Crippen LogP contribution in [0.15, 0.2) is 12.7 Å². The standard InChI is InChI=1S/C16H26O6/c1-6-7-12-16(3,4)15(18-5)14-13(22-12)11(20-9-21-14)8-19-10(2)17/h6,11-15H,1,7-9H2,2-5H3/t11-,12-,13-,14+,15-/m1/s1. The molecule has 126 valence electrons. The molecule has 0 radical (unpaired) electrons. The fourth-order valence-corrected chi connectivity index (χ4v) is 3.29. The average molecular weight is 314 g/mol. The molecule has 0 unspecified atom stereocenters. The van der Waals surface area contributed by atoms with E-state index in [1.807, 2.05) is 6.08 Å². The van der Waals surface area contributed by atoms with E-state index in [1.165, 1.54) is 6.92 Å². The number of ether oxygens (including phenoxy) is 5. The van der Waals surface area contributed by atoms with Crippen LogP contribution in [0.1, 0.15) is 27.2 Å². The summed E-state index contributed by atoms with van der Waals surface area (Å²) < 4.78 is 28.4. The van der Waals surface area contributed by atoms with Gasteiger partial charge in [-0.25, -0.2) is 0 Å². The molecule has 6 heteroatoms. The van der Waals surface area contributed by atoms with Gasteiger partial charge in [0.25, 0.3) is 0 Å². The molecule has 2 aliphatic rings. The van der Waals surface area contributed by atoms with E-state index in [2.05, 4.69) is 20.4 Å². The molecule has 22 heavy (non-hydrogen) atoms. The Balaban J connectivity index is 2.19. The Morgan fingerprint density at radius 3 is 2.68 bits per heavy atom. The molecule has 0 spiro atoms. The lowest BCUT2D eigenvalue weighted by Crippen LogP contribution is -2.66. The number of esters is 1. The second-order valence-electron chi connectivity index (χ2n) is 6.35. The summed E-state index contributed by atoms with van der Waals surface area (Å²) in [5.41, 5.74) is -0.229. The van der Waals surface area contributed by atoms with Crippen LogP contribution in [-0.4, -0.2) is 57.0 Å². The highest BCUT2D eigenvalue weighted by Gasteiger charge is 2.55. The van der Waals surface area contributed by atoms with Crippen LogP contribution in [0.25, 0.3) is 0 Å². The first kappa shape index (κ1) is 17.4. The number of fused-ring (bicyclic) bond motifs is 1. The van der Waals surface area contributed by atoms with Gasteiger partial charge in [-0.15, -0.1) is 6.58 Å². The summed E-state index contributed by atoms with van der Waals surface area (Å²) in [6.07, 6.45) is 1.39. The molecule has 0 saturated carbocycles. The molecule has 2 saturated heterocycles. The lowest BCUT2D eigenvalue weighted by Gasteiger charge is -2.53. The van der Waals surface area contributed by atoms with Crippen molar-refractivity contribution in [1.29, 1.82) is 0 Å². The summed E-state index contributed by atoms with van der Waals surface area (Å²) in [4.78, 5) is 11.0. The summed E-state index contributed by atoms with van der Waals surface area (Å²) in [6, 6.07) is 0. The second-order valence-corrected chi connectivity index (χ2v) is 6.35. The first-order valence-corrected chi connectivity index (χ1v) is 7.57. The maximum absolute atomic E-state index is 11.0. The highest BCUT2D eigenvalue weighted by Crippen LogP contribution is 2.43. The van der Waals surface area contributed by atoms with Crippen molar-refractivity contribution in [3.05, 3.63) is 12.7 Å². The van der Waals surface area contributed by atoms with Crippen molar-refractivity contribution in [3.63, 3.8) is 0 Å². The van der Waals surface area contributed by atoms with Gasteiger partial charge in [-0.1, -0.05) is 19.9 Å². The van der Waals surface area contributed by atoms with Crippen molar-refractivity contribution >= 4 is 5.97 Å². The molecule has 0 aliphatic carbocycles. The topological polar surface area (TPSA) is 63.2 Å². The molecule has 0 bridgehead atoms. The van der Waals surface area contributed by atoms with Gasteiger partial charge < -0.3 is 23.7 Å². The zero-order valence-electron chi connectivity index (χ0n) is 13.7. The van der Waals surface area contributed by atoms with E-state index in [9.17, 15) is 4.79 Å². The van der Waals surface area contributed by atoms with Gasteiger partial charge in [0, 0.05) is 19.4 Å². The summed E-state index contributed by atoms with van der Waals surface area (Å²) in [5.74, 6) is -0.339. The van der Waals surface area contributed by atoms with Gasteiger partial charge in [0.05, 0.1) is 12.2 Å². The van der Waals surface area contributed by atoms with Crippen molar-refractivity contribution in [2.24, 2.45) is 5.41 Å². The zero-order valence-corrected chi connectivity index (χ0v) is 13.7. The molecule has 2 aliphatic heterocycles. The Bertz CT molecular complexity index is 407. The van der Waals surface area contributed by atoms with Crippen LogP contribution in [-0.2, 0) is 28.5 Å². The maximum Gasteiger partial charge on any atom is 0.302 e. The first-order chi connectivity index (χ1) is 10.4. The molecule has 6 nitrogen and oxygen atoms in total. The largest absolute Gasteiger partial charge is 0.463 e. The normalized spacial score (nSPS) is 37.2. The average Bonchev–Trinajstić information content (AvgIpc) is 2.46. The van der Waals surface area contributed by atoms with E-state index in [-0.39, 0.29) is 55.3 Å². The zero-order chi connectivity index (χ0) is 16.3. The number of hydrogen-bond donors (Lipinski definition) is 0. The van der Waals surface area contributed by atoms with Crippen molar-refractivity contribution < 1.29 is 28.5 Å².